The van der Waals surface area contributed by atoms with Crippen molar-refractivity contribution in [1.82, 2.24) is 19.5 Å². The minimum Gasteiger partial charge on any atom is -0.368 e. The van der Waals surface area contributed by atoms with E-state index in [0.29, 0.717) is 17.3 Å². The Kier molecular flexibility index (Phi) is 4.58. The Hall–Kier alpha value is -3.22. The molecule has 0 amide bonds. The molecule has 27 heavy (non-hydrogen) atoms. The Labute approximate surface area is 157 Å². The standard InChI is InChI=1S/C20H22N6O/c1-15-13-25(16-6-4-3-5-7-16)10-11-26(15)20-23-18(12-19(27)24(20)2)17-8-9-21-14-22-17/h3-9,12,14-15H,10-11,13H2,1-2H3/t15-/m1/s1. The SMILES string of the molecule is C[C@@H]1CN(c2ccccc2)CCN1c1nc(-c2ccncn2)cc(=O)n1C. The summed E-state index contributed by atoms with van der Waals surface area (Å²) >= 11 is 0. The summed E-state index contributed by atoms with van der Waals surface area (Å²) in [6, 6.07) is 13.9. The minimum absolute atomic E-state index is 0.0914. The highest BCUT2D eigenvalue weighted by Gasteiger charge is 2.27. The summed E-state index contributed by atoms with van der Waals surface area (Å²) < 4.78 is 1.61. The molecule has 4 rings (SSSR count). The molecule has 3 aromatic rings. The van der Waals surface area contributed by atoms with E-state index in [-0.39, 0.29) is 11.6 Å². The molecule has 1 atom stereocenters. The first-order valence-corrected chi connectivity index (χ1v) is 9.04. The van der Waals surface area contributed by atoms with Gasteiger partial charge in [0.1, 0.15) is 6.33 Å². The van der Waals surface area contributed by atoms with Crippen LogP contribution in [-0.2, 0) is 7.05 Å². The molecule has 0 spiro atoms. The van der Waals surface area contributed by atoms with Crippen LogP contribution in [0.1, 0.15) is 6.92 Å². The average molecular weight is 362 g/mol. The zero-order chi connectivity index (χ0) is 18.8. The van der Waals surface area contributed by atoms with Crippen molar-refractivity contribution < 1.29 is 0 Å². The van der Waals surface area contributed by atoms with Gasteiger partial charge in [0.25, 0.3) is 5.56 Å². The molecule has 3 heterocycles. The van der Waals surface area contributed by atoms with Gasteiger partial charge in [-0.15, -0.1) is 0 Å². The molecule has 1 aliphatic heterocycles. The van der Waals surface area contributed by atoms with Gasteiger partial charge in [-0.25, -0.2) is 15.0 Å². The summed E-state index contributed by atoms with van der Waals surface area (Å²) in [6.07, 6.45) is 3.12. The second kappa shape index (κ2) is 7.19. The van der Waals surface area contributed by atoms with Crippen LogP contribution in [0.4, 0.5) is 11.6 Å². The maximum Gasteiger partial charge on any atom is 0.255 e. The van der Waals surface area contributed by atoms with Gasteiger partial charge in [-0.3, -0.25) is 9.36 Å². The quantitative estimate of drug-likeness (QED) is 0.709. The van der Waals surface area contributed by atoms with Gasteiger partial charge >= 0.3 is 0 Å². The first-order chi connectivity index (χ1) is 13.1. The third kappa shape index (κ3) is 3.40. The van der Waals surface area contributed by atoms with E-state index in [1.54, 1.807) is 23.9 Å². The van der Waals surface area contributed by atoms with Crippen LogP contribution < -0.4 is 15.4 Å². The predicted molar refractivity (Wildman–Crippen MR) is 106 cm³/mol. The van der Waals surface area contributed by atoms with E-state index < -0.39 is 0 Å². The summed E-state index contributed by atoms with van der Waals surface area (Å²) in [6.45, 7) is 4.71. The number of nitrogens with zero attached hydrogens (tertiary/aromatic N) is 6. The lowest BCUT2D eigenvalue weighted by molar-refractivity contribution is 0.529. The van der Waals surface area contributed by atoms with Crippen molar-refractivity contribution in [2.45, 2.75) is 13.0 Å². The molecule has 1 aromatic carbocycles. The van der Waals surface area contributed by atoms with E-state index in [0.717, 1.165) is 19.6 Å². The van der Waals surface area contributed by atoms with Gasteiger partial charge in [0.2, 0.25) is 5.95 Å². The van der Waals surface area contributed by atoms with Crippen molar-refractivity contribution in [2.24, 2.45) is 7.05 Å². The molecule has 1 saturated heterocycles. The van der Waals surface area contributed by atoms with E-state index in [1.807, 2.05) is 6.07 Å². The van der Waals surface area contributed by atoms with Crippen LogP contribution in [0, 0.1) is 0 Å². The molecule has 7 nitrogen and oxygen atoms in total. The first-order valence-electron chi connectivity index (χ1n) is 9.04. The van der Waals surface area contributed by atoms with Crippen molar-refractivity contribution >= 4 is 11.6 Å². The summed E-state index contributed by atoms with van der Waals surface area (Å²) in [5.74, 6) is 0.677. The summed E-state index contributed by atoms with van der Waals surface area (Å²) in [5, 5.41) is 0. The number of anilines is 2. The molecule has 1 fully saturated rings. The smallest absolute Gasteiger partial charge is 0.255 e. The molecule has 2 aromatic heterocycles. The van der Waals surface area contributed by atoms with Crippen LogP contribution in [-0.4, -0.2) is 45.2 Å². The van der Waals surface area contributed by atoms with E-state index >= 15 is 0 Å². The molecule has 0 radical (unpaired) electrons. The molecule has 0 bridgehead atoms. The Morgan fingerprint density at radius 3 is 2.59 bits per heavy atom. The Morgan fingerprint density at radius 1 is 1.07 bits per heavy atom. The van der Waals surface area contributed by atoms with Crippen molar-refractivity contribution in [2.75, 3.05) is 29.4 Å². The number of benzene rings is 1. The number of aromatic nitrogens is 4. The molecule has 7 heteroatoms. The Bertz CT molecular complexity index is 973. The predicted octanol–water partition coefficient (Wildman–Crippen LogP) is 1.95. The third-order valence-electron chi connectivity index (χ3n) is 4.96. The van der Waals surface area contributed by atoms with E-state index in [4.69, 9.17) is 4.98 Å². The second-order valence-electron chi connectivity index (χ2n) is 6.76. The largest absolute Gasteiger partial charge is 0.368 e. The maximum atomic E-state index is 12.5. The molecular formula is C20H22N6O. The monoisotopic (exact) mass is 362 g/mol. The molecule has 0 saturated carbocycles. The highest BCUT2D eigenvalue weighted by molar-refractivity contribution is 5.56. The van der Waals surface area contributed by atoms with Gasteiger partial charge in [-0.1, -0.05) is 18.2 Å². The fraction of sp³-hybridized carbons (Fsp3) is 0.300. The van der Waals surface area contributed by atoms with Crippen molar-refractivity contribution in [3.8, 4) is 11.4 Å². The molecule has 0 unspecified atom stereocenters. The van der Waals surface area contributed by atoms with Gasteiger partial charge in [-0.2, -0.15) is 0 Å². The van der Waals surface area contributed by atoms with Gasteiger partial charge in [-0.05, 0) is 25.1 Å². The van der Waals surface area contributed by atoms with Crippen LogP contribution in [0.3, 0.4) is 0 Å². The molecule has 1 aliphatic rings. The lowest BCUT2D eigenvalue weighted by atomic mass is 10.1. The fourth-order valence-electron chi connectivity index (χ4n) is 3.49. The molecule has 0 N–H and O–H groups in total. The van der Waals surface area contributed by atoms with Crippen LogP contribution in [0.25, 0.3) is 11.4 Å². The fourth-order valence-corrected chi connectivity index (χ4v) is 3.49. The number of hydrogen-bond acceptors (Lipinski definition) is 6. The lowest BCUT2D eigenvalue weighted by Gasteiger charge is -2.41. The first kappa shape index (κ1) is 17.2. The topological polar surface area (TPSA) is 67.2 Å². The lowest BCUT2D eigenvalue weighted by Crippen LogP contribution is -2.53. The zero-order valence-electron chi connectivity index (χ0n) is 15.5. The normalized spacial score (nSPS) is 17.2. The molecule has 0 aliphatic carbocycles. The van der Waals surface area contributed by atoms with Crippen molar-refractivity contribution in [3.63, 3.8) is 0 Å². The van der Waals surface area contributed by atoms with Crippen LogP contribution in [0.15, 0.2) is 59.8 Å². The number of para-hydroxylation sites is 1. The Balaban J connectivity index is 1.64. The number of rotatable bonds is 3. The van der Waals surface area contributed by atoms with Gasteiger partial charge in [0, 0.05) is 50.7 Å². The van der Waals surface area contributed by atoms with Gasteiger partial charge < -0.3 is 9.80 Å². The van der Waals surface area contributed by atoms with Crippen LogP contribution >= 0.6 is 0 Å². The summed E-state index contributed by atoms with van der Waals surface area (Å²) in [5.41, 5.74) is 2.36. The number of hydrogen-bond donors (Lipinski definition) is 0. The summed E-state index contributed by atoms with van der Waals surface area (Å²) in [4.78, 5) is 30.0. The van der Waals surface area contributed by atoms with E-state index in [9.17, 15) is 4.79 Å². The second-order valence-corrected chi connectivity index (χ2v) is 6.76. The van der Waals surface area contributed by atoms with Crippen molar-refractivity contribution in [3.05, 3.63) is 65.3 Å². The van der Waals surface area contributed by atoms with E-state index in [2.05, 4.69) is 51.0 Å². The maximum absolute atomic E-state index is 12.5. The average Bonchev–Trinajstić information content (AvgIpc) is 2.71. The highest BCUT2D eigenvalue weighted by atomic mass is 16.1. The van der Waals surface area contributed by atoms with Crippen molar-refractivity contribution in [1.29, 1.82) is 0 Å². The highest BCUT2D eigenvalue weighted by Crippen LogP contribution is 2.23. The van der Waals surface area contributed by atoms with Crippen LogP contribution in [0.2, 0.25) is 0 Å². The summed E-state index contributed by atoms with van der Waals surface area (Å²) in [7, 11) is 1.77. The van der Waals surface area contributed by atoms with E-state index in [1.165, 1.54) is 18.1 Å². The zero-order valence-corrected chi connectivity index (χ0v) is 15.5. The molecule has 138 valence electrons. The molecular weight excluding hydrogens is 340 g/mol. The van der Waals surface area contributed by atoms with Gasteiger partial charge in [0.15, 0.2) is 0 Å². The minimum atomic E-state index is -0.0914. The third-order valence-corrected chi connectivity index (χ3v) is 4.96. The van der Waals surface area contributed by atoms with Gasteiger partial charge in [0.05, 0.1) is 11.4 Å². The number of piperazine rings is 1. The Morgan fingerprint density at radius 2 is 1.89 bits per heavy atom. The van der Waals surface area contributed by atoms with Crippen LogP contribution in [0.5, 0.6) is 0 Å².